The average Bonchev–Trinajstić information content (AvgIpc) is 2.52. The van der Waals surface area contributed by atoms with Crippen molar-refractivity contribution >= 4 is 5.69 Å². The average molecular weight is 275 g/mol. The van der Waals surface area contributed by atoms with Crippen molar-refractivity contribution in [1.29, 1.82) is 0 Å². The second-order valence-electron chi connectivity index (χ2n) is 4.92. The van der Waals surface area contributed by atoms with Gasteiger partial charge < -0.3 is 4.90 Å². The Morgan fingerprint density at radius 1 is 1.05 bits per heavy atom. The number of aryl methyl sites for hydroxylation is 1. The second-order valence-corrected chi connectivity index (χ2v) is 4.92. The van der Waals surface area contributed by atoms with Gasteiger partial charge in [-0.05, 0) is 30.3 Å². The van der Waals surface area contributed by atoms with E-state index in [0.717, 1.165) is 17.8 Å². The lowest BCUT2D eigenvalue weighted by molar-refractivity contribution is -0.698. The summed E-state index contributed by atoms with van der Waals surface area (Å²) in [7, 11) is 4.05. The molecule has 0 aliphatic heterocycles. The number of aromatic nitrogens is 1. The van der Waals surface area contributed by atoms with Crippen molar-refractivity contribution in [2.24, 2.45) is 0 Å². The summed E-state index contributed by atoms with van der Waals surface area (Å²) in [5.74, 6) is 9.08. The Labute approximate surface area is 127 Å². The summed E-state index contributed by atoms with van der Waals surface area (Å²) in [6.45, 7) is 0.793. The first kappa shape index (κ1) is 14.7. The Balaban J connectivity index is 2.21. The molecule has 0 unspecified atom stereocenters. The molecule has 0 atom stereocenters. The summed E-state index contributed by atoms with van der Waals surface area (Å²) >= 11 is 0. The minimum Gasteiger partial charge on any atom is -0.378 e. The predicted molar refractivity (Wildman–Crippen MR) is 86.8 cm³/mol. The van der Waals surface area contributed by atoms with E-state index in [2.05, 4.69) is 39.4 Å². The topological polar surface area (TPSA) is 7.12 Å². The molecule has 0 saturated carbocycles. The van der Waals surface area contributed by atoms with Crippen LogP contribution in [0.15, 0.2) is 48.7 Å². The zero-order valence-electron chi connectivity index (χ0n) is 12.5. The molecule has 104 valence electrons. The molecule has 0 saturated heterocycles. The summed E-state index contributed by atoms with van der Waals surface area (Å²) in [6.07, 6.45) is 8.05. The first-order valence-corrected chi connectivity index (χ1v) is 6.92. The fourth-order valence-electron chi connectivity index (χ4n) is 1.95. The van der Waals surface area contributed by atoms with E-state index in [0.29, 0.717) is 6.42 Å². The number of anilines is 1. The summed E-state index contributed by atoms with van der Waals surface area (Å²) < 4.78 is 2.08. The van der Waals surface area contributed by atoms with Crippen molar-refractivity contribution in [1.82, 2.24) is 0 Å². The second kappa shape index (κ2) is 7.17. The van der Waals surface area contributed by atoms with Crippen LogP contribution in [-0.2, 0) is 6.54 Å². The van der Waals surface area contributed by atoms with Crippen LogP contribution < -0.4 is 9.47 Å². The predicted octanol–water partition coefficient (Wildman–Crippen LogP) is 2.46. The zero-order chi connectivity index (χ0) is 15.1. The lowest BCUT2D eigenvalue weighted by Gasteiger charge is -2.11. The number of terminal acetylenes is 1. The molecule has 0 aliphatic rings. The zero-order valence-corrected chi connectivity index (χ0v) is 12.5. The molecule has 2 heteroatoms. The van der Waals surface area contributed by atoms with Crippen molar-refractivity contribution in [3.05, 3.63) is 59.9 Å². The molecule has 21 heavy (non-hydrogen) atoms. The van der Waals surface area contributed by atoms with E-state index < -0.39 is 0 Å². The highest BCUT2D eigenvalue weighted by atomic mass is 15.1. The van der Waals surface area contributed by atoms with Crippen LogP contribution in [0.2, 0.25) is 0 Å². The third kappa shape index (κ3) is 4.13. The van der Waals surface area contributed by atoms with Crippen LogP contribution in [0.3, 0.4) is 0 Å². The molecule has 0 amide bonds. The van der Waals surface area contributed by atoms with Gasteiger partial charge in [-0.1, -0.05) is 5.92 Å². The minimum atomic E-state index is 0.709. The van der Waals surface area contributed by atoms with Gasteiger partial charge in [-0.2, -0.15) is 4.57 Å². The van der Waals surface area contributed by atoms with Gasteiger partial charge in [0.05, 0.1) is 6.42 Å². The molecule has 2 rings (SSSR count). The normalized spacial score (nSPS) is 9.38. The number of hydrogen-bond donors (Lipinski definition) is 0. The number of rotatable bonds is 3. The molecule has 2 nitrogen and oxygen atoms in total. The fraction of sp³-hybridized carbons (Fsp3) is 0.211. The Bertz CT molecular complexity index is 695. The van der Waals surface area contributed by atoms with Crippen molar-refractivity contribution in [2.75, 3.05) is 19.0 Å². The summed E-state index contributed by atoms with van der Waals surface area (Å²) in [5, 5.41) is 0. The lowest BCUT2D eigenvalue weighted by Crippen LogP contribution is -2.36. The Kier molecular flexibility index (Phi) is 5.02. The fourth-order valence-corrected chi connectivity index (χ4v) is 1.95. The molecule has 0 radical (unpaired) electrons. The van der Waals surface area contributed by atoms with E-state index in [1.165, 1.54) is 5.69 Å². The van der Waals surface area contributed by atoms with Crippen LogP contribution in [-0.4, -0.2) is 14.1 Å². The third-order valence-electron chi connectivity index (χ3n) is 3.16. The maximum atomic E-state index is 5.33. The van der Waals surface area contributed by atoms with Gasteiger partial charge in [0.15, 0.2) is 12.7 Å². The highest BCUT2D eigenvalue weighted by molar-refractivity contribution is 5.50. The van der Waals surface area contributed by atoms with E-state index in [1.54, 1.807) is 0 Å². The smallest absolute Gasteiger partial charge is 0.257 e. The van der Waals surface area contributed by atoms with Crippen LogP contribution in [0.25, 0.3) is 0 Å². The highest BCUT2D eigenvalue weighted by Gasteiger charge is 2.05. The van der Waals surface area contributed by atoms with Gasteiger partial charge >= 0.3 is 0 Å². The maximum Gasteiger partial charge on any atom is 0.257 e. The Morgan fingerprint density at radius 2 is 1.81 bits per heavy atom. The minimum absolute atomic E-state index is 0.709. The van der Waals surface area contributed by atoms with Crippen molar-refractivity contribution in [3.8, 4) is 24.2 Å². The molecule has 1 heterocycles. The van der Waals surface area contributed by atoms with Crippen LogP contribution in [0.5, 0.6) is 0 Å². The molecule has 2 aromatic rings. The maximum absolute atomic E-state index is 5.33. The van der Waals surface area contributed by atoms with E-state index in [4.69, 9.17) is 6.42 Å². The first-order valence-electron chi connectivity index (χ1n) is 6.92. The SMILES string of the molecule is C#CCC[n+]1ccccc1C#Cc1ccc(N(C)C)cc1. The number of benzene rings is 1. The molecular weight excluding hydrogens is 256 g/mol. The molecule has 1 aromatic heterocycles. The lowest BCUT2D eigenvalue weighted by atomic mass is 10.2. The van der Waals surface area contributed by atoms with Crippen LogP contribution >= 0.6 is 0 Å². The molecule has 0 spiro atoms. The standard InChI is InChI=1S/C19H19N2/c1-4-5-15-21-16-7-6-8-19(21)14-11-17-9-12-18(13-10-17)20(2)3/h1,6-10,12-13,16H,5,15H2,2-3H3/q+1. The molecule has 1 aromatic carbocycles. The summed E-state index contributed by atoms with van der Waals surface area (Å²) in [5.41, 5.74) is 3.15. The molecule has 0 fully saturated rings. The Morgan fingerprint density at radius 3 is 2.48 bits per heavy atom. The molecule has 0 aliphatic carbocycles. The van der Waals surface area contributed by atoms with Crippen molar-refractivity contribution in [3.63, 3.8) is 0 Å². The van der Waals surface area contributed by atoms with Gasteiger partial charge in [0.1, 0.15) is 0 Å². The molecule has 0 bridgehead atoms. The highest BCUT2D eigenvalue weighted by Crippen LogP contribution is 2.11. The van der Waals surface area contributed by atoms with E-state index >= 15 is 0 Å². The largest absolute Gasteiger partial charge is 0.378 e. The van der Waals surface area contributed by atoms with Gasteiger partial charge in [-0.25, -0.2) is 0 Å². The van der Waals surface area contributed by atoms with Crippen LogP contribution in [0.1, 0.15) is 17.7 Å². The van der Waals surface area contributed by atoms with E-state index in [-0.39, 0.29) is 0 Å². The summed E-state index contributed by atoms with van der Waals surface area (Å²) in [4.78, 5) is 2.07. The van der Waals surface area contributed by atoms with E-state index in [9.17, 15) is 0 Å². The van der Waals surface area contributed by atoms with Crippen molar-refractivity contribution in [2.45, 2.75) is 13.0 Å². The van der Waals surface area contributed by atoms with Gasteiger partial charge in [0.25, 0.3) is 5.69 Å². The van der Waals surface area contributed by atoms with Gasteiger partial charge in [-0.3, -0.25) is 0 Å². The monoisotopic (exact) mass is 275 g/mol. The quantitative estimate of drug-likeness (QED) is 0.616. The van der Waals surface area contributed by atoms with E-state index in [1.807, 2.05) is 50.6 Å². The third-order valence-corrected chi connectivity index (χ3v) is 3.16. The van der Waals surface area contributed by atoms with Gasteiger partial charge in [0.2, 0.25) is 0 Å². The first-order chi connectivity index (χ1) is 10.2. The van der Waals surface area contributed by atoms with Gasteiger partial charge in [0, 0.05) is 43.4 Å². The van der Waals surface area contributed by atoms with Crippen LogP contribution in [0, 0.1) is 24.2 Å². The number of nitrogens with zero attached hydrogens (tertiary/aromatic N) is 2. The van der Waals surface area contributed by atoms with Gasteiger partial charge in [-0.15, -0.1) is 12.3 Å². The number of pyridine rings is 1. The molecule has 0 N–H and O–H groups in total. The summed E-state index contributed by atoms with van der Waals surface area (Å²) in [6, 6.07) is 14.2. The molecular formula is C19H19N2+. The van der Waals surface area contributed by atoms with Crippen LogP contribution in [0.4, 0.5) is 5.69 Å². The van der Waals surface area contributed by atoms with Crippen molar-refractivity contribution < 1.29 is 4.57 Å². The number of hydrogen-bond acceptors (Lipinski definition) is 1. The Hall–Kier alpha value is -2.71.